The monoisotopic (exact) mass is 540 g/mol. The van der Waals surface area contributed by atoms with Crippen molar-refractivity contribution < 1.29 is 4.74 Å². The molecule has 2 aromatic carbocycles. The highest BCUT2D eigenvalue weighted by molar-refractivity contribution is 6.36. The topological polar surface area (TPSA) is 66.4 Å². The van der Waals surface area contributed by atoms with Crippen LogP contribution in [-0.4, -0.2) is 70.3 Å². The number of nitrogens with zero attached hydrogens (tertiary/aromatic N) is 5. The summed E-state index contributed by atoms with van der Waals surface area (Å²) in [5.41, 5.74) is 3.84. The number of anilines is 1. The fraction of sp³-hybridized carbons (Fsp3) is 0.452. The Bertz CT molecular complexity index is 1550. The van der Waals surface area contributed by atoms with E-state index in [0.717, 1.165) is 56.9 Å². The van der Waals surface area contributed by atoms with Crippen LogP contribution < -0.4 is 15.0 Å². The Balaban J connectivity index is 1.22. The van der Waals surface area contributed by atoms with E-state index in [4.69, 9.17) is 31.3 Å². The molecule has 200 valence electrons. The van der Waals surface area contributed by atoms with Gasteiger partial charge in [0.15, 0.2) is 5.82 Å². The van der Waals surface area contributed by atoms with E-state index in [1.807, 2.05) is 18.3 Å². The van der Waals surface area contributed by atoms with Crippen molar-refractivity contribution in [2.75, 3.05) is 37.7 Å². The molecular weight excluding hydrogens is 508 g/mol. The highest BCUT2D eigenvalue weighted by atomic mass is 35.5. The van der Waals surface area contributed by atoms with Crippen molar-refractivity contribution in [1.82, 2.24) is 25.2 Å². The van der Waals surface area contributed by atoms with Crippen LogP contribution in [0.2, 0.25) is 5.02 Å². The highest BCUT2D eigenvalue weighted by Gasteiger charge is 2.45. The first-order valence-corrected chi connectivity index (χ1v) is 14.8. The van der Waals surface area contributed by atoms with E-state index >= 15 is 0 Å². The van der Waals surface area contributed by atoms with E-state index in [-0.39, 0.29) is 5.54 Å². The molecule has 0 spiro atoms. The molecule has 7 nitrogen and oxygen atoms in total. The van der Waals surface area contributed by atoms with Gasteiger partial charge in [-0.2, -0.15) is 9.97 Å². The Morgan fingerprint density at radius 2 is 1.77 bits per heavy atom. The normalized spacial score (nSPS) is 24.1. The molecule has 0 saturated carbocycles. The summed E-state index contributed by atoms with van der Waals surface area (Å²) in [7, 11) is 0. The van der Waals surface area contributed by atoms with Gasteiger partial charge in [-0.1, -0.05) is 41.9 Å². The van der Waals surface area contributed by atoms with Gasteiger partial charge in [0, 0.05) is 47.3 Å². The summed E-state index contributed by atoms with van der Waals surface area (Å²) in [6, 6.07) is 15.9. The molecule has 0 amide bonds. The van der Waals surface area contributed by atoms with Gasteiger partial charge in [-0.05, 0) is 74.7 Å². The quantitative estimate of drug-likeness (QED) is 0.361. The zero-order chi connectivity index (χ0) is 26.0. The molecule has 39 heavy (non-hydrogen) atoms. The van der Waals surface area contributed by atoms with E-state index < -0.39 is 0 Å². The maximum Gasteiger partial charge on any atom is 0.319 e. The van der Waals surface area contributed by atoms with Gasteiger partial charge in [0.05, 0.1) is 11.1 Å². The van der Waals surface area contributed by atoms with E-state index in [2.05, 4.69) is 45.4 Å². The van der Waals surface area contributed by atoms with Gasteiger partial charge in [0.25, 0.3) is 0 Å². The maximum atomic E-state index is 6.68. The van der Waals surface area contributed by atoms with Gasteiger partial charge in [-0.3, -0.25) is 9.88 Å². The lowest BCUT2D eigenvalue weighted by Gasteiger charge is -2.34. The molecule has 2 bridgehead atoms. The molecule has 4 saturated heterocycles. The third kappa shape index (κ3) is 4.05. The van der Waals surface area contributed by atoms with Gasteiger partial charge < -0.3 is 15.0 Å². The van der Waals surface area contributed by atoms with Gasteiger partial charge in [0.2, 0.25) is 0 Å². The predicted octanol–water partition coefficient (Wildman–Crippen LogP) is 5.45. The van der Waals surface area contributed by atoms with Crippen LogP contribution in [0.3, 0.4) is 0 Å². The number of pyridine rings is 1. The Kier molecular flexibility index (Phi) is 5.68. The average Bonchev–Trinajstić information content (AvgIpc) is 3.64. The summed E-state index contributed by atoms with van der Waals surface area (Å²) in [5, 5.41) is 6.62. The lowest BCUT2D eigenvalue weighted by molar-refractivity contribution is 0.108. The molecule has 8 heteroatoms. The van der Waals surface area contributed by atoms with Crippen molar-refractivity contribution in [1.29, 1.82) is 0 Å². The molecule has 8 rings (SSSR count). The number of fused-ring (bicyclic) bond motifs is 5. The summed E-state index contributed by atoms with van der Waals surface area (Å²) < 4.78 is 6.48. The van der Waals surface area contributed by atoms with Crippen LogP contribution in [0.5, 0.6) is 6.01 Å². The minimum atomic E-state index is 0.145. The minimum absolute atomic E-state index is 0.145. The van der Waals surface area contributed by atoms with Crippen molar-refractivity contribution in [2.45, 2.75) is 56.1 Å². The van der Waals surface area contributed by atoms with Crippen molar-refractivity contribution in [2.24, 2.45) is 0 Å². The summed E-state index contributed by atoms with van der Waals surface area (Å²) >= 11 is 6.68. The van der Waals surface area contributed by atoms with Gasteiger partial charge in [-0.25, -0.2) is 0 Å². The van der Waals surface area contributed by atoms with Crippen LogP contribution in [0.1, 0.15) is 38.5 Å². The van der Waals surface area contributed by atoms with Crippen LogP contribution in [0, 0.1) is 0 Å². The first kappa shape index (κ1) is 23.9. The smallest absolute Gasteiger partial charge is 0.319 e. The number of halogens is 1. The van der Waals surface area contributed by atoms with Crippen molar-refractivity contribution in [3.63, 3.8) is 0 Å². The SMILES string of the molecule is Clc1cccc2cccc(-c3cnc4c(N5C[C@H]6CC[C@@H](C5)N6)nc(OCC56CCCN5CCC6)nc4c3)c12. The van der Waals surface area contributed by atoms with Crippen molar-refractivity contribution in [3.05, 3.63) is 53.7 Å². The molecule has 2 atom stereocenters. The molecule has 4 fully saturated rings. The molecule has 4 aliphatic heterocycles. The molecule has 0 aliphatic carbocycles. The van der Waals surface area contributed by atoms with Gasteiger partial charge >= 0.3 is 6.01 Å². The fourth-order valence-electron chi connectivity index (χ4n) is 7.58. The van der Waals surface area contributed by atoms with Gasteiger partial charge in [-0.15, -0.1) is 0 Å². The Labute approximate surface area is 233 Å². The number of piperazine rings is 1. The van der Waals surface area contributed by atoms with Crippen molar-refractivity contribution in [3.8, 4) is 17.1 Å². The molecule has 4 aromatic rings. The number of nitrogens with one attached hydrogen (secondary N) is 1. The Hall–Kier alpha value is -3.00. The molecule has 2 aromatic heterocycles. The van der Waals surface area contributed by atoms with Crippen LogP contribution in [0.4, 0.5) is 5.82 Å². The number of rotatable bonds is 5. The average molecular weight is 541 g/mol. The third-order valence-corrected chi connectivity index (χ3v) is 9.77. The summed E-state index contributed by atoms with van der Waals surface area (Å²) in [6.45, 7) is 4.87. The van der Waals surface area contributed by atoms with Gasteiger partial charge in [0.1, 0.15) is 12.1 Å². The Morgan fingerprint density at radius 3 is 2.56 bits per heavy atom. The van der Waals surface area contributed by atoms with Crippen LogP contribution in [0.25, 0.3) is 32.9 Å². The van der Waals surface area contributed by atoms with E-state index in [0.29, 0.717) is 24.7 Å². The summed E-state index contributed by atoms with van der Waals surface area (Å²) in [6.07, 6.45) is 9.26. The third-order valence-electron chi connectivity index (χ3n) is 9.46. The molecule has 4 aliphatic rings. The molecule has 0 unspecified atom stereocenters. The number of ether oxygens (including phenoxy) is 1. The number of hydrogen-bond donors (Lipinski definition) is 1. The zero-order valence-electron chi connectivity index (χ0n) is 22.1. The fourth-order valence-corrected chi connectivity index (χ4v) is 7.86. The first-order chi connectivity index (χ1) is 19.1. The standard InChI is InChI=1S/C31H33ClN6O/c32-25-8-2-6-20-5-1-7-24(27(20)25)21-15-26-28(33-16-21)29(37-17-22-9-10-23(18-37)34-22)36-30(35-26)39-19-31-11-3-13-38(31)14-4-12-31/h1-2,5-8,15-16,22-23,34H,3-4,9-14,17-19H2/t22-,23+. The maximum absolute atomic E-state index is 6.68. The predicted molar refractivity (Wildman–Crippen MR) is 156 cm³/mol. The van der Waals surface area contributed by atoms with Crippen molar-refractivity contribution >= 4 is 39.2 Å². The lowest BCUT2D eigenvalue weighted by atomic mass is 9.95. The number of aromatic nitrogens is 3. The molecule has 6 heterocycles. The van der Waals surface area contributed by atoms with E-state index in [1.165, 1.54) is 51.6 Å². The summed E-state index contributed by atoms with van der Waals surface area (Å²) in [4.78, 5) is 20.0. The van der Waals surface area contributed by atoms with Crippen LogP contribution in [-0.2, 0) is 0 Å². The van der Waals surface area contributed by atoms with Crippen LogP contribution in [0.15, 0.2) is 48.7 Å². The van der Waals surface area contributed by atoms with Crippen LogP contribution >= 0.6 is 11.6 Å². The first-order valence-electron chi connectivity index (χ1n) is 14.4. The second-order valence-electron chi connectivity index (χ2n) is 11.8. The summed E-state index contributed by atoms with van der Waals surface area (Å²) in [5.74, 6) is 0.892. The minimum Gasteiger partial charge on any atom is -0.461 e. The lowest BCUT2D eigenvalue weighted by Crippen LogP contribution is -2.51. The molecular formula is C31H33ClN6O. The number of benzene rings is 2. The zero-order valence-corrected chi connectivity index (χ0v) is 22.8. The Morgan fingerprint density at radius 1 is 1.00 bits per heavy atom. The highest BCUT2D eigenvalue weighted by Crippen LogP contribution is 2.40. The number of hydrogen-bond acceptors (Lipinski definition) is 7. The molecule has 0 radical (unpaired) electrons. The second-order valence-corrected chi connectivity index (χ2v) is 12.2. The van der Waals surface area contributed by atoms with E-state index in [9.17, 15) is 0 Å². The second kappa shape index (κ2) is 9.29. The van der Waals surface area contributed by atoms with E-state index in [1.54, 1.807) is 0 Å². The molecule has 1 N–H and O–H groups in total. The largest absolute Gasteiger partial charge is 0.461 e.